The van der Waals surface area contributed by atoms with E-state index in [0.29, 0.717) is 4.47 Å². The number of benzene rings is 1. The predicted molar refractivity (Wildman–Crippen MR) is 66.0 cm³/mol. The third kappa shape index (κ3) is 4.08. The number of hydrogen-bond donors (Lipinski definition) is 1. The molecular formula is C12H11BrFNO2. The van der Waals surface area contributed by atoms with Gasteiger partial charge in [-0.25, -0.2) is 4.39 Å². The maximum absolute atomic E-state index is 13.3. The molecule has 0 heterocycles. The minimum Gasteiger partial charge on any atom is -0.478 e. The van der Waals surface area contributed by atoms with Gasteiger partial charge in [-0.05, 0) is 25.1 Å². The quantitative estimate of drug-likeness (QED) is 0.865. The molecule has 0 fully saturated rings. The van der Waals surface area contributed by atoms with Gasteiger partial charge < -0.3 is 10.1 Å². The molecule has 90 valence electrons. The number of terminal acetylenes is 1. The lowest BCUT2D eigenvalue weighted by molar-refractivity contribution is -0.127. The van der Waals surface area contributed by atoms with E-state index in [0.717, 1.165) is 0 Å². The Balaban J connectivity index is 2.67. The minimum atomic E-state index is -0.813. The number of nitrogens with one attached hydrogen (secondary N) is 1. The Morgan fingerprint density at radius 1 is 1.71 bits per heavy atom. The van der Waals surface area contributed by atoms with Gasteiger partial charge in [0.1, 0.15) is 0 Å². The van der Waals surface area contributed by atoms with Crippen molar-refractivity contribution < 1.29 is 13.9 Å². The van der Waals surface area contributed by atoms with Gasteiger partial charge >= 0.3 is 0 Å². The average Bonchev–Trinajstić information content (AvgIpc) is 2.30. The first-order valence-electron chi connectivity index (χ1n) is 4.87. The fraction of sp³-hybridized carbons (Fsp3) is 0.250. The average molecular weight is 300 g/mol. The lowest BCUT2D eigenvalue weighted by Gasteiger charge is -2.14. The Hall–Kier alpha value is -1.54. The van der Waals surface area contributed by atoms with E-state index >= 15 is 0 Å². The van der Waals surface area contributed by atoms with Crippen LogP contribution in [0.5, 0.6) is 5.75 Å². The second kappa shape index (κ2) is 6.26. The van der Waals surface area contributed by atoms with Gasteiger partial charge in [0, 0.05) is 4.47 Å². The highest BCUT2D eigenvalue weighted by Gasteiger charge is 2.15. The zero-order valence-corrected chi connectivity index (χ0v) is 10.8. The number of carbonyl (C=O) groups excluding carboxylic acids is 1. The number of halogens is 2. The van der Waals surface area contributed by atoms with Crippen molar-refractivity contribution in [2.75, 3.05) is 6.54 Å². The third-order valence-electron chi connectivity index (χ3n) is 1.93. The SMILES string of the molecule is C#CCNC(=O)C(C)Oc1cc(Br)ccc1F. The molecule has 1 atom stereocenters. The highest BCUT2D eigenvalue weighted by molar-refractivity contribution is 9.10. The molecule has 0 saturated heterocycles. The van der Waals surface area contributed by atoms with E-state index in [9.17, 15) is 9.18 Å². The molecule has 5 heteroatoms. The molecule has 1 aromatic carbocycles. The molecule has 1 aromatic rings. The first-order valence-corrected chi connectivity index (χ1v) is 5.66. The van der Waals surface area contributed by atoms with Crippen molar-refractivity contribution in [1.82, 2.24) is 5.32 Å². The molecule has 17 heavy (non-hydrogen) atoms. The summed E-state index contributed by atoms with van der Waals surface area (Å²) in [5.74, 6) is 1.38. The summed E-state index contributed by atoms with van der Waals surface area (Å²) in [6, 6.07) is 4.26. The number of rotatable bonds is 4. The van der Waals surface area contributed by atoms with Crippen molar-refractivity contribution in [3.63, 3.8) is 0 Å². The lowest BCUT2D eigenvalue weighted by Crippen LogP contribution is -2.36. The summed E-state index contributed by atoms with van der Waals surface area (Å²) in [4.78, 5) is 11.4. The summed E-state index contributed by atoms with van der Waals surface area (Å²) >= 11 is 3.19. The number of carbonyl (C=O) groups is 1. The molecule has 0 aromatic heterocycles. The van der Waals surface area contributed by atoms with Crippen LogP contribution in [-0.2, 0) is 4.79 Å². The van der Waals surface area contributed by atoms with Crippen LogP contribution in [0.3, 0.4) is 0 Å². The third-order valence-corrected chi connectivity index (χ3v) is 2.42. The van der Waals surface area contributed by atoms with Crippen molar-refractivity contribution in [1.29, 1.82) is 0 Å². The van der Waals surface area contributed by atoms with Gasteiger partial charge in [0.2, 0.25) is 0 Å². The van der Waals surface area contributed by atoms with Gasteiger partial charge in [0.25, 0.3) is 5.91 Å². The molecule has 3 nitrogen and oxygen atoms in total. The number of amides is 1. The smallest absolute Gasteiger partial charge is 0.261 e. The fourth-order valence-electron chi connectivity index (χ4n) is 1.09. The molecule has 0 bridgehead atoms. The van der Waals surface area contributed by atoms with Gasteiger partial charge in [0.15, 0.2) is 17.7 Å². The summed E-state index contributed by atoms with van der Waals surface area (Å²) < 4.78 is 19.2. The van der Waals surface area contributed by atoms with Crippen LogP contribution in [0.2, 0.25) is 0 Å². The van der Waals surface area contributed by atoms with Crippen molar-refractivity contribution in [3.8, 4) is 18.1 Å². The summed E-state index contributed by atoms with van der Waals surface area (Å²) in [5.41, 5.74) is 0. The van der Waals surface area contributed by atoms with Crippen molar-refractivity contribution >= 4 is 21.8 Å². The van der Waals surface area contributed by atoms with Crippen LogP contribution in [0.25, 0.3) is 0 Å². The molecule has 0 aliphatic rings. The molecule has 0 aliphatic carbocycles. The Labute approximate surface area is 107 Å². The first kappa shape index (κ1) is 13.5. The van der Waals surface area contributed by atoms with Crippen LogP contribution in [0.4, 0.5) is 4.39 Å². The largest absolute Gasteiger partial charge is 0.478 e. The summed E-state index contributed by atoms with van der Waals surface area (Å²) in [5, 5.41) is 2.45. The molecule has 0 spiro atoms. The second-order valence-corrected chi connectivity index (χ2v) is 4.17. The molecule has 1 amide bonds. The first-order chi connectivity index (χ1) is 8.04. The maximum Gasteiger partial charge on any atom is 0.261 e. The summed E-state index contributed by atoms with van der Waals surface area (Å²) in [7, 11) is 0. The molecule has 1 N–H and O–H groups in total. The minimum absolute atomic E-state index is 0.0164. The Kier molecular flexibility index (Phi) is 4.98. The van der Waals surface area contributed by atoms with Crippen LogP contribution in [-0.4, -0.2) is 18.6 Å². The van der Waals surface area contributed by atoms with E-state index in [4.69, 9.17) is 11.2 Å². The molecule has 1 rings (SSSR count). The summed E-state index contributed by atoms with van der Waals surface area (Å²) in [6.45, 7) is 1.64. The van der Waals surface area contributed by atoms with Crippen LogP contribution in [0.1, 0.15) is 6.92 Å². The zero-order chi connectivity index (χ0) is 12.8. The molecular weight excluding hydrogens is 289 g/mol. The summed E-state index contributed by atoms with van der Waals surface area (Å²) in [6.07, 6.45) is 4.19. The van der Waals surface area contributed by atoms with Crippen LogP contribution < -0.4 is 10.1 Å². The van der Waals surface area contributed by atoms with Crippen molar-refractivity contribution in [2.45, 2.75) is 13.0 Å². The maximum atomic E-state index is 13.3. The van der Waals surface area contributed by atoms with E-state index in [1.165, 1.54) is 19.1 Å². The molecule has 0 saturated carbocycles. The highest BCUT2D eigenvalue weighted by atomic mass is 79.9. The van der Waals surface area contributed by atoms with Gasteiger partial charge in [0.05, 0.1) is 6.54 Å². The molecule has 1 unspecified atom stereocenters. The highest BCUT2D eigenvalue weighted by Crippen LogP contribution is 2.23. The van der Waals surface area contributed by atoms with Crippen LogP contribution in [0, 0.1) is 18.2 Å². The lowest BCUT2D eigenvalue weighted by atomic mass is 10.3. The van der Waals surface area contributed by atoms with Gasteiger partial charge in [-0.2, -0.15) is 0 Å². The Morgan fingerprint density at radius 2 is 2.41 bits per heavy atom. The van der Waals surface area contributed by atoms with Crippen LogP contribution in [0.15, 0.2) is 22.7 Å². The topological polar surface area (TPSA) is 38.3 Å². The zero-order valence-electron chi connectivity index (χ0n) is 9.17. The van der Waals surface area contributed by atoms with Crippen LogP contribution >= 0.6 is 15.9 Å². The van der Waals surface area contributed by atoms with E-state index in [-0.39, 0.29) is 18.2 Å². The second-order valence-electron chi connectivity index (χ2n) is 3.26. The fourth-order valence-corrected chi connectivity index (χ4v) is 1.43. The standard InChI is InChI=1S/C12H11BrFNO2/c1-3-6-15-12(16)8(2)17-11-7-9(13)4-5-10(11)14/h1,4-5,7-8H,6H2,2H3,(H,15,16). The van der Waals surface area contributed by atoms with Crippen molar-refractivity contribution in [2.24, 2.45) is 0 Å². The van der Waals surface area contributed by atoms with E-state index in [1.54, 1.807) is 6.07 Å². The van der Waals surface area contributed by atoms with E-state index in [1.807, 2.05) is 0 Å². The number of ether oxygens (including phenoxy) is 1. The van der Waals surface area contributed by atoms with Gasteiger partial charge in [-0.3, -0.25) is 4.79 Å². The Morgan fingerprint density at radius 3 is 3.06 bits per heavy atom. The monoisotopic (exact) mass is 299 g/mol. The van der Waals surface area contributed by atoms with Crippen molar-refractivity contribution in [3.05, 3.63) is 28.5 Å². The number of hydrogen-bond acceptors (Lipinski definition) is 2. The van der Waals surface area contributed by atoms with E-state index < -0.39 is 11.9 Å². The van der Waals surface area contributed by atoms with E-state index in [2.05, 4.69) is 27.2 Å². The predicted octanol–water partition coefficient (Wildman–Crippen LogP) is 2.10. The van der Waals surface area contributed by atoms with Gasteiger partial charge in [-0.1, -0.05) is 21.9 Å². The molecule has 0 radical (unpaired) electrons. The normalized spacial score (nSPS) is 11.4. The molecule has 0 aliphatic heterocycles. The Bertz CT molecular complexity index is 456. The van der Waals surface area contributed by atoms with Gasteiger partial charge in [-0.15, -0.1) is 6.42 Å².